The van der Waals surface area contributed by atoms with E-state index in [4.69, 9.17) is 4.74 Å². The molecule has 5 nitrogen and oxygen atoms in total. The lowest BCUT2D eigenvalue weighted by molar-refractivity contribution is -0.143. The number of aliphatic hydroxyl groups is 1. The van der Waals surface area contributed by atoms with Gasteiger partial charge in [0.15, 0.2) is 0 Å². The minimum Gasteiger partial charge on any atom is -0.396 e. The normalized spacial score (nSPS) is 21.8. The number of nitrogens with one attached hydrogen (secondary N) is 2. The first kappa shape index (κ1) is 21.0. The SMILES string of the molecule is O=C(NCC1(CO)COC1)C1CC(c2c(-c3ccc(F)cc3)[nH]c3c(F)cc(F)cc23)C1. The van der Waals surface area contributed by atoms with Crippen molar-refractivity contribution in [1.29, 1.82) is 0 Å². The smallest absolute Gasteiger partial charge is 0.223 e. The third-order valence-corrected chi connectivity index (χ3v) is 6.70. The summed E-state index contributed by atoms with van der Waals surface area (Å²) in [6, 6.07) is 7.95. The molecule has 2 aromatic carbocycles. The van der Waals surface area contributed by atoms with Gasteiger partial charge in [-0.2, -0.15) is 0 Å². The maximum atomic E-state index is 14.5. The molecule has 1 saturated heterocycles. The molecule has 1 saturated carbocycles. The number of halogens is 3. The number of hydrogen-bond donors (Lipinski definition) is 3. The second-order valence-corrected chi connectivity index (χ2v) is 8.96. The van der Waals surface area contributed by atoms with Crippen molar-refractivity contribution < 1.29 is 27.8 Å². The van der Waals surface area contributed by atoms with Gasteiger partial charge in [-0.1, -0.05) is 0 Å². The van der Waals surface area contributed by atoms with E-state index in [1.165, 1.54) is 18.2 Å². The number of fused-ring (bicyclic) bond motifs is 1. The van der Waals surface area contributed by atoms with Crippen molar-refractivity contribution in [3.05, 3.63) is 59.4 Å². The van der Waals surface area contributed by atoms with E-state index in [0.717, 1.165) is 11.6 Å². The van der Waals surface area contributed by atoms with Crippen LogP contribution in [0.4, 0.5) is 13.2 Å². The van der Waals surface area contributed by atoms with Crippen LogP contribution >= 0.6 is 0 Å². The highest BCUT2D eigenvalue weighted by Gasteiger charge is 2.41. The summed E-state index contributed by atoms with van der Waals surface area (Å²) in [7, 11) is 0. The largest absolute Gasteiger partial charge is 0.396 e. The van der Waals surface area contributed by atoms with E-state index in [1.54, 1.807) is 12.1 Å². The summed E-state index contributed by atoms with van der Waals surface area (Å²) in [5, 5.41) is 12.9. The molecule has 1 aromatic heterocycles. The lowest BCUT2D eigenvalue weighted by Crippen LogP contribution is -2.54. The van der Waals surface area contributed by atoms with Crippen molar-refractivity contribution in [2.45, 2.75) is 18.8 Å². The maximum absolute atomic E-state index is 14.5. The number of carbonyl (C=O) groups excluding carboxylic acids is 1. The van der Waals surface area contributed by atoms with Gasteiger partial charge in [0, 0.05) is 23.9 Å². The van der Waals surface area contributed by atoms with Crippen molar-refractivity contribution in [2.24, 2.45) is 11.3 Å². The van der Waals surface area contributed by atoms with Crippen LogP contribution in [-0.4, -0.2) is 42.4 Å². The van der Waals surface area contributed by atoms with E-state index < -0.39 is 17.0 Å². The summed E-state index contributed by atoms with van der Waals surface area (Å²) in [4.78, 5) is 15.7. The fourth-order valence-corrected chi connectivity index (χ4v) is 4.63. The van der Waals surface area contributed by atoms with Crippen LogP contribution in [0.3, 0.4) is 0 Å². The standard InChI is InChI=1S/C24H23F3N2O3/c25-16-3-1-13(2-4-16)21-20(18-7-17(26)8-19(27)22(18)29-21)14-5-15(6-14)23(31)28-9-24(10-30)11-32-12-24/h1-4,7-8,14-15,29-30H,5-6,9-12H2,(H,28,31). The molecule has 5 rings (SSSR count). The Morgan fingerprint density at radius 1 is 1.12 bits per heavy atom. The molecule has 0 radical (unpaired) electrons. The molecule has 2 aliphatic rings. The molecule has 0 unspecified atom stereocenters. The first-order chi connectivity index (χ1) is 15.4. The fraction of sp³-hybridized carbons (Fsp3) is 0.375. The number of carbonyl (C=O) groups is 1. The molecule has 0 spiro atoms. The first-order valence-corrected chi connectivity index (χ1v) is 10.6. The molecule has 32 heavy (non-hydrogen) atoms. The second kappa shape index (κ2) is 7.94. The van der Waals surface area contributed by atoms with E-state index in [2.05, 4.69) is 10.3 Å². The van der Waals surface area contributed by atoms with Gasteiger partial charge < -0.3 is 20.1 Å². The Labute approximate surface area is 182 Å². The monoisotopic (exact) mass is 444 g/mol. The highest BCUT2D eigenvalue weighted by Crippen LogP contribution is 2.48. The quantitative estimate of drug-likeness (QED) is 0.540. The number of aromatic amines is 1. The summed E-state index contributed by atoms with van der Waals surface area (Å²) in [6.07, 6.45) is 1.07. The molecule has 0 atom stereocenters. The van der Waals surface area contributed by atoms with Crippen LogP contribution in [0.15, 0.2) is 36.4 Å². The number of aliphatic hydroxyl groups excluding tert-OH is 1. The van der Waals surface area contributed by atoms with Crippen LogP contribution in [0.2, 0.25) is 0 Å². The molecule has 0 bridgehead atoms. The van der Waals surface area contributed by atoms with Gasteiger partial charge in [0.05, 0.1) is 36.4 Å². The summed E-state index contributed by atoms with van der Waals surface area (Å²) in [5.41, 5.74) is 1.82. The van der Waals surface area contributed by atoms with Crippen LogP contribution in [0.1, 0.15) is 24.3 Å². The van der Waals surface area contributed by atoms with Crippen molar-refractivity contribution in [3.63, 3.8) is 0 Å². The Hall–Kier alpha value is -2.84. The zero-order chi connectivity index (χ0) is 22.5. The van der Waals surface area contributed by atoms with E-state index in [-0.39, 0.29) is 35.7 Å². The van der Waals surface area contributed by atoms with Gasteiger partial charge in [-0.15, -0.1) is 0 Å². The average Bonchev–Trinajstić information content (AvgIpc) is 3.06. The summed E-state index contributed by atoms with van der Waals surface area (Å²) in [6.45, 7) is 1.15. The van der Waals surface area contributed by atoms with Gasteiger partial charge in [0.1, 0.15) is 17.5 Å². The van der Waals surface area contributed by atoms with Crippen LogP contribution in [0, 0.1) is 28.8 Å². The highest BCUT2D eigenvalue weighted by molar-refractivity contribution is 5.92. The van der Waals surface area contributed by atoms with E-state index in [1.807, 2.05) is 0 Å². The highest BCUT2D eigenvalue weighted by atomic mass is 19.1. The Bertz CT molecular complexity index is 1160. The van der Waals surface area contributed by atoms with Crippen molar-refractivity contribution in [2.75, 3.05) is 26.4 Å². The number of hydrogen-bond acceptors (Lipinski definition) is 3. The molecule has 3 aromatic rings. The van der Waals surface area contributed by atoms with Gasteiger partial charge >= 0.3 is 0 Å². The maximum Gasteiger partial charge on any atom is 0.223 e. The average molecular weight is 444 g/mol. The number of H-pyrrole nitrogens is 1. The lowest BCUT2D eigenvalue weighted by atomic mass is 9.69. The number of amides is 1. The molecule has 168 valence electrons. The van der Waals surface area contributed by atoms with Gasteiger partial charge in [-0.25, -0.2) is 13.2 Å². The van der Waals surface area contributed by atoms with Gasteiger partial charge in [0.2, 0.25) is 5.91 Å². The molecule has 2 fully saturated rings. The Morgan fingerprint density at radius 2 is 1.84 bits per heavy atom. The van der Waals surface area contributed by atoms with Crippen molar-refractivity contribution in [3.8, 4) is 11.3 Å². The summed E-state index contributed by atoms with van der Waals surface area (Å²) < 4.78 is 47.1. The van der Waals surface area contributed by atoms with E-state index >= 15 is 0 Å². The number of ether oxygens (including phenoxy) is 1. The molecule has 3 N–H and O–H groups in total. The molecule has 1 aliphatic carbocycles. The first-order valence-electron chi connectivity index (χ1n) is 10.6. The predicted octanol–water partition coefficient (Wildman–Crippen LogP) is 3.87. The number of benzene rings is 2. The minimum absolute atomic E-state index is 0.0476. The Morgan fingerprint density at radius 3 is 2.47 bits per heavy atom. The van der Waals surface area contributed by atoms with E-state index in [0.29, 0.717) is 49.2 Å². The fourth-order valence-electron chi connectivity index (χ4n) is 4.63. The van der Waals surface area contributed by atoms with Crippen LogP contribution in [0.5, 0.6) is 0 Å². The molecule has 1 aliphatic heterocycles. The zero-order valence-electron chi connectivity index (χ0n) is 17.3. The third kappa shape index (κ3) is 3.57. The van der Waals surface area contributed by atoms with Gasteiger partial charge in [0.25, 0.3) is 0 Å². The Kier molecular flexibility index (Phi) is 5.22. The summed E-state index contributed by atoms with van der Waals surface area (Å²) >= 11 is 0. The summed E-state index contributed by atoms with van der Waals surface area (Å²) in [5.74, 6) is -2.14. The molecular formula is C24H23F3N2O3. The minimum atomic E-state index is -0.694. The van der Waals surface area contributed by atoms with Gasteiger partial charge in [-0.3, -0.25) is 4.79 Å². The van der Waals surface area contributed by atoms with Crippen LogP contribution in [0.25, 0.3) is 22.2 Å². The number of rotatable bonds is 6. The van der Waals surface area contributed by atoms with Gasteiger partial charge in [-0.05, 0) is 60.2 Å². The zero-order valence-corrected chi connectivity index (χ0v) is 17.3. The third-order valence-electron chi connectivity index (χ3n) is 6.70. The number of aromatic nitrogens is 1. The van der Waals surface area contributed by atoms with E-state index in [9.17, 15) is 23.1 Å². The van der Waals surface area contributed by atoms with Crippen LogP contribution in [-0.2, 0) is 9.53 Å². The van der Waals surface area contributed by atoms with Crippen molar-refractivity contribution in [1.82, 2.24) is 10.3 Å². The predicted molar refractivity (Wildman–Crippen MR) is 112 cm³/mol. The molecular weight excluding hydrogens is 421 g/mol. The molecule has 1 amide bonds. The second-order valence-electron chi connectivity index (χ2n) is 8.96. The topological polar surface area (TPSA) is 74.3 Å². The van der Waals surface area contributed by atoms with Crippen molar-refractivity contribution >= 4 is 16.8 Å². The molecule has 8 heteroatoms. The lowest BCUT2D eigenvalue weighted by Gasteiger charge is -2.41. The van der Waals surface area contributed by atoms with Crippen LogP contribution < -0.4 is 5.32 Å². The molecule has 2 heterocycles. The Balaban J connectivity index is 1.40.